The Balaban J connectivity index is 2.43. The van der Waals surface area contributed by atoms with E-state index >= 15 is 0 Å². The highest BCUT2D eigenvalue weighted by Gasteiger charge is 2.30. The first-order valence-corrected chi connectivity index (χ1v) is 7.46. The monoisotopic (exact) mass is 299 g/mol. The summed E-state index contributed by atoms with van der Waals surface area (Å²) in [5, 5.41) is 17.0. The molecule has 7 heteroatoms. The largest absolute Gasteiger partial charge is 0.481 e. The Morgan fingerprint density at radius 3 is 2.43 bits per heavy atom. The van der Waals surface area contributed by atoms with Gasteiger partial charge >= 0.3 is 12.0 Å². The van der Waals surface area contributed by atoms with Crippen LogP contribution in [0.5, 0.6) is 0 Å². The normalized spacial score (nSPS) is 22.2. The molecule has 2 unspecified atom stereocenters. The zero-order valence-corrected chi connectivity index (χ0v) is 12.6. The first-order valence-electron chi connectivity index (χ1n) is 7.46. The summed E-state index contributed by atoms with van der Waals surface area (Å²) < 4.78 is 0. The molecule has 21 heavy (non-hydrogen) atoms. The summed E-state index contributed by atoms with van der Waals surface area (Å²) in [5.74, 6) is -1.70. The lowest BCUT2D eigenvalue weighted by Gasteiger charge is -2.23. The third-order valence-corrected chi connectivity index (χ3v) is 3.51. The van der Waals surface area contributed by atoms with Gasteiger partial charge in [-0.3, -0.25) is 9.59 Å². The molecule has 1 aliphatic carbocycles. The molecular formula is C14H25N3O4. The Morgan fingerprint density at radius 2 is 1.81 bits per heavy atom. The van der Waals surface area contributed by atoms with Gasteiger partial charge in [-0.1, -0.05) is 19.3 Å². The summed E-state index contributed by atoms with van der Waals surface area (Å²) >= 11 is 0. The number of carboxylic acids is 1. The van der Waals surface area contributed by atoms with Crippen molar-refractivity contribution in [1.29, 1.82) is 0 Å². The average molecular weight is 299 g/mol. The van der Waals surface area contributed by atoms with Gasteiger partial charge in [-0.2, -0.15) is 0 Å². The number of carbonyl (C=O) groups is 3. The summed E-state index contributed by atoms with van der Waals surface area (Å²) in [4.78, 5) is 34.5. The molecular weight excluding hydrogens is 274 g/mol. The Bertz CT molecular complexity index is 384. The Morgan fingerprint density at radius 1 is 1.14 bits per heavy atom. The van der Waals surface area contributed by atoms with E-state index in [1.807, 2.05) is 13.8 Å². The van der Waals surface area contributed by atoms with Crippen LogP contribution >= 0.6 is 0 Å². The van der Waals surface area contributed by atoms with E-state index in [2.05, 4.69) is 16.0 Å². The minimum absolute atomic E-state index is 0.0145. The Kier molecular flexibility index (Phi) is 6.98. The molecule has 0 aromatic rings. The number of rotatable bonds is 5. The highest BCUT2D eigenvalue weighted by atomic mass is 16.4. The van der Waals surface area contributed by atoms with E-state index in [0.29, 0.717) is 12.8 Å². The molecule has 0 saturated heterocycles. The second kappa shape index (κ2) is 8.49. The first kappa shape index (κ1) is 17.3. The lowest BCUT2D eigenvalue weighted by Crippen LogP contribution is -2.49. The molecule has 2 atom stereocenters. The molecule has 4 N–H and O–H groups in total. The third-order valence-electron chi connectivity index (χ3n) is 3.51. The van der Waals surface area contributed by atoms with Gasteiger partial charge in [0.1, 0.15) is 0 Å². The van der Waals surface area contributed by atoms with Crippen molar-refractivity contribution in [3.8, 4) is 0 Å². The van der Waals surface area contributed by atoms with Gasteiger partial charge in [-0.15, -0.1) is 0 Å². The number of aliphatic carboxylic acids is 1. The molecule has 1 saturated carbocycles. The average Bonchev–Trinajstić information content (AvgIpc) is 2.61. The van der Waals surface area contributed by atoms with Crippen molar-refractivity contribution >= 4 is 17.9 Å². The van der Waals surface area contributed by atoms with E-state index in [1.165, 1.54) is 0 Å². The van der Waals surface area contributed by atoms with E-state index in [9.17, 15) is 19.5 Å². The van der Waals surface area contributed by atoms with Gasteiger partial charge in [0.2, 0.25) is 5.91 Å². The molecule has 120 valence electrons. The SMILES string of the molecule is CC(C)NC(=O)CNC(=O)NC1CCCCCC1C(=O)O. The van der Waals surface area contributed by atoms with Crippen LogP contribution in [0.4, 0.5) is 4.79 Å². The van der Waals surface area contributed by atoms with Crippen LogP contribution in [0.25, 0.3) is 0 Å². The van der Waals surface area contributed by atoms with E-state index < -0.39 is 17.9 Å². The van der Waals surface area contributed by atoms with Gasteiger partial charge in [0.25, 0.3) is 0 Å². The van der Waals surface area contributed by atoms with Crippen LogP contribution in [0.15, 0.2) is 0 Å². The minimum Gasteiger partial charge on any atom is -0.481 e. The maximum atomic E-state index is 11.8. The summed E-state index contributed by atoms with van der Waals surface area (Å²) in [6.07, 6.45) is 3.99. The van der Waals surface area contributed by atoms with Crippen molar-refractivity contribution in [2.24, 2.45) is 5.92 Å². The standard InChI is InChI=1S/C14H25N3O4/c1-9(2)16-12(18)8-15-14(21)17-11-7-5-3-4-6-10(11)13(19)20/h9-11H,3-8H2,1-2H3,(H,16,18)(H,19,20)(H2,15,17,21). The summed E-state index contributed by atoms with van der Waals surface area (Å²) in [6.45, 7) is 3.55. The maximum Gasteiger partial charge on any atom is 0.315 e. The van der Waals surface area contributed by atoms with Crippen molar-refractivity contribution in [3.05, 3.63) is 0 Å². The highest BCUT2D eigenvalue weighted by Crippen LogP contribution is 2.23. The van der Waals surface area contributed by atoms with Crippen LogP contribution in [0.2, 0.25) is 0 Å². The number of amides is 3. The van der Waals surface area contributed by atoms with Crippen LogP contribution in [0.3, 0.4) is 0 Å². The molecule has 0 aromatic carbocycles. The third kappa shape index (κ3) is 6.46. The molecule has 1 rings (SSSR count). The Hall–Kier alpha value is -1.79. The summed E-state index contributed by atoms with van der Waals surface area (Å²) in [5.41, 5.74) is 0. The van der Waals surface area contributed by atoms with Crippen LogP contribution in [-0.2, 0) is 9.59 Å². The minimum atomic E-state index is -0.875. The molecule has 1 aliphatic rings. The zero-order chi connectivity index (χ0) is 15.8. The number of nitrogens with one attached hydrogen (secondary N) is 3. The quantitative estimate of drug-likeness (QED) is 0.564. The smallest absolute Gasteiger partial charge is 0.315 e. The van der Waals surface area contributed by atoms with Crippen LogP contribution in [0, 0.1) is 5.92 Å². The topological polar surface area (TPSA) is 108 Å². The summed E-state index contributed by atoms with van der Waals surface area (Å²) in [7, 11) is 0. The number of carboxylic acid groups (broad SMARTS) is 1. The fourth-order valence-corrected chi connectivity index (χ4v) is 2.53. The Labute approximate surface area is 124 Å². The van der Waals surface area contributed by atoms with Crippen molar-refractivity contribution in [3.63, 3.8) is 0 Å². The number of carbonyl (C=O) groups excluding carboxylic acids is 2. The number of hydrogen-bond donors (Lipinski definition) is 4. The number of urea groups is 1. The van der Waals surface area contributed by atoms with Crippen LogP contribution in [-0.4, -0.2) is 41.6 Å². The van der Waals surface area contributed by atoms with Gasteiger partial charge in [0.15, 0.2) is 0 Å². The molecule has 0 bridgehead atoms. The molecule has 3 amide bonds. The number of hydrogen-bond acceptors (Lipinski definition) is 3. The van der Waals surface area contributed by atoms with Crippen molar-refractivity contribution in [2.75, 3.05) is 6.54 Å². The van der Waals surface area contributed by atoms with Crippen LogP contribution < -0.4 is 16.0 Å². The second-order valence-electron chi connectivity index (χ2n) is 5.74. The van der Waals surface area contributed by atoms with Gasteiger partial charge in [0.05, 0.1) is 12.5 Å². The fraction of sp³-hybridized carbons (Fsp3) is 0.786. The van der Waals surface area contributed by atoms with Gasteiger partial charge in [-0.05, 0) is 26.7 Å². The van der Waals surface area contributed by atoms with Gasteiger partial charge in [0, 0.05) is 12.1 Å². The second-order valence-corrected chi connectivity index (χ2v) is 5.74. The van der Waals surface area contributed by atoms with Gasteiger partial charge in [-0.25, -0.2) is 4.79 Å². The van der Waals surface area contributed by atoms with Crippen molar-refractivity contribution in [2.45, 2.75) is 58.0 Å². The zero-order valence-electron chi connectivity index (χ0n) is 12.6. The van der Waals surface area contributed by atoms with Gasteiger partial charge < -0.3 is 21.1 Å². The molecule has 0 radical (unpaired) electrons. The lowest BCUT2D eigenvalue weighted by molar-refractivity contribution is -0.142. The lowest BCUT2D eigenvalue weighted by atomic mass is 9.95. The molecule has 7 nitrogen and oxygen atoms in total. The predicted octanol–water partition coefficient (Wildman–Crippen LogP) is 0.844. The fourth-order valence-electron chi connectivity index (χ4n) is 2.53. The summed E-state index contributed by atoms with van der Waals surface area (Å²) in [6, 6.07) is -0.856. The van der Waals surface area contributed by atoms with Crippen molar-refractivity contribution in [1.82, 2.24) is 16.0 Å². The van der Waals surface area contributed by atoms with E-state index in [0.717, 1.165) is 19.3 Å². The molecule has 0 aromatic heterocycles. The predicted molar refractivity (Wildman–Crippen MR) is 77.8 cm³/mol. The highest BCUT2D eigenvalue weighted by molar-refractivity contribution is 5.84. The molecule has 0 spiro atoms. The van der Waals surface area contributed by atoms with Crippen LogP contribution in [0.1, 0.15) is 46.0 Å². The maximum absolute atomic E-state index is 11.8. The molecule has 0 heterocycles. The van der Waals surface area contributed by atoms with Crippen molar-refractivity contribution < 1.29 is 19.5 Å². The van der Waals surface area contributed by atoms with E-state index in [4.69, 9.17) is 0 Å². The van der Waals surface area contributed by atoms with E-state index in [1.54, 1.807) is 0 Å². The van der Waals surface area contributed by atoms with E-state index in [-0.39, 0.29) is 24.5 Å². The first-order chi connectivity index (χ1) is 9.90. The molecule has 0 aliphatic heterocycles. The molecule has 1 fully saturated rings.